The number of aryl methyl sites for hydroxylation is 2. The van der Waals surface area contributed by atoms with E-state index in [1.807, 2.05) is 20.8 Å². The van der Waals surface area contributed by atoms with Gasteiger partial charge in [0.05, 0.1) is 11.3 Å². The van der Waals surface area contributed by atoms with Gasteiger partial charge in [-0.05, 0) is 53.6 Å². The summed E-state index contributed by atoms with van der Waals surface area (Å²) in [6.45, 7) is 16.7. The minimum Gasteiger partial charge on any atom is -0.512 e. The molecule has 1 aromatic heterocycles. The quantitative estimate of drug-likeness (QED) is 0.0996. The molecule has 4 heteroatoms. The van der Waals surface area contributed by atoms with E-state index >= 15 is 0 Å². The minimum absolute atomic E-state index is 0. The van der Waals surface area contributed by atoms with Gasteiger partial charge in [-0.15, -0.1) is 34.9 Å². The summed E-state index contributed by atoms with van der Waals surface area (Å²) in [5.74, 6) is 1.04. The van der Waals surface area contributed by atoms with E-state index in [1.54, 1.807) is 0 Å². The number of aliphatic hydroxyl groups is 1. The first-order valence-corrected chi connectivity index (χ1v) is 15.5. The van der Waals surface area contributed by atoms with Crippen LogP contribution in [0.5, 0.6) is 0 Å². The maximum atomic E-state index is 11.6. The molecule has 0 aliphatic heterocycles. The molecule has 4 aromatic rings. The number of hydrogen-bond acceptors (Lipinski definition) is 3. The third-order valence-electron chi connectivity index (χ3n) is 7.95. The fourth-order valence-corrected chi connectivity index (χ4v) is 5.33. The molecule has 1 unspecified atom stereocenters. The zero-order chi connectivity index (χ0) is 30.8. The van der Waals surface area contributed by atoms with E-state index in [1.165, 1.54) is 33.7 Å². The molecule has 0 amide bonds. The summed E-state index contributed by atoms with van der Waals surface area (Å²) < 4.78 is 0. The summed E-state index contributed by atoms with van der Waals surface area (Å²) in [6, 6.07) is 27.3. The Hall–Kier alpha value is -3.07. The van der Waals surface area contributed by atoms with Gasteiger partial charge in [0.2, 0.25) is 0 Å². The van der Waals surface area contributed by atoms with Crippen LogP contribution in [0.2, 0.25) is 0 Å². The number of aromatic nitrogens is 1. The van der Waals surface area contributed by atoms with Crippen molar-refractivity contribution in [2.75, 3.05) is 0 Å². The van der Waals surface area contributed by atoms with Gasteiger partial charge in [-0.2, -0.15) is 0 Å². The minimum atomic E-state index is 0. The van der Waals surface area contributed by atoms with Crippen LogP contribution in [-0.4, -0.2) is 15.9 Å². The zero-order valence-electron chi connectivity index (χ0n) is 27.1. The van der Waals surface area contributed by atoms with Crippen molar-refractivity contribution in [3.8, 4) is 22.4 Å². The van der Waals surface area contributed by atoms with E-state index < -0.39 is 0 Å². The van der Waals surface area contributed by atoms with Crippen LogP contribution in [0.4, 0.5) is 0 Å². The zero-order valence-corrected chi connectivity index (χ0v) is 29.5. The van der Waals surface area contributed by atoms with E-state index in [4.69, 9.17) is 4.98 Å². The van der Waals surface area contributed by atoms with Crippen molar-refractivity contribution >= 4 is 16.7 Å². The normalized spacial score (nSPS) is 12.1. The molecule has 4 rings (SSSR count). The molecule has 3 nitrogen and oxygen atoms in total. The molecule has 1 heterocycles. The van der Waals surface area contributed by atoms with Gasteiger partial charge in [0.25, 0.3) is 0 Å². The number of allylic oxidation sites excluding steroid dienone is 2. The number of ketones is 1. The second-order valence-electron chi connectivity index (χ2n) is 11.8. The molecule has 1 radical (unpaired) electrons. The molecule has 0 spiro atoms. The predicted octanol–water partition coefficient (Wildman–Crippen LogP) is 11.0. The maximum Gasteiger partial charge on any atom is 0.161 e. The Labute approximate surface area is 273 Å². The summed E-state index contributed by atoms with van der Waals surface area (Å²) >= 11 is 0. The van der Waals surface area contributed by atoms with Crippen LogP contribution in [0.1, 0.15) is 89.8 Å². The number of rotatable bonds is 10. The van der Waals surface area contributed by atoms with Crippen molar-refractivity contribution in [1.29, 1.82) is 0 Å². The van der Waals surface area contributed by atoms with E-state index in [0.29, 0.717) is 5.92 Å². The molecular formula is C39H48IrNO2-. The van der Waals surface area contributed by atoms with Gasteiger partial charge in [-0.3, -0.25) is 9.78 Å². The topological polar surface area (TPSA) is 50.2 Å². The predicted molar refractivity (Wildman–Crippen MR) is 179 cm³/mol. The second-order valence-corrected chi connectivity index (χ2v) is 11.8. The molecular weight excluding hydrogens is 707 g/mol. The van der Waals surface area contributed by atoms with Crippen LogP contribution < -0.4 is 0 Å². The number of aliphatic hydroxyl groups excluding tert-OH is 1. The van der Waals surface area contributed by atoms with Gasteiger partial charge in [0.1, 0.15) is 0 Å². The van der Waals surface area contributed by atoms with Crippen LogP contribution in [0, 0.1) is 31.7 Å². The summed E-state index contributed by atoms with van der Waals surface area (Å²) in [5.41, 5.74) is 9.26. The molecule has 231 valence electrons. The van der Waals surface area contributed by atoms with Crippen molar-refractivity contribution < 1.29 is 30.0 Å². The monoisotopic (exact) mass is 755 g/mol. The summed E-state index contributed by atoms with van der Waals surface area (Å²) in [6.07, 6.45) is 5.10. The van der Waals surface area contributed by atoms with E-state index in [-0.39, 0.29) is 43.5 Å². The molecule has 43 heavy (non-hydrogen) atoms. The van der Waals surface area contributed by atoms with Crippen molar-refractivity contribution in [3.05, 3.63) is 101 Å². The Morgan fingerprint density at radius 2 is 1.60 bits per heavy atom. The molecule has 1 atom stereocenters. The number of carbonyl (C=O) groups excluding carboxylic acids is 1. The first-order valence-electron chi connectivity index (χ1n) is 15.5. The molecule has 0 fully saturated rings. The average Bonchev–Trinajstić information content (AvgIpc) is 2.97. The number of fused-ring (bicyclic) bond motifs is 1. The standard InChI is InChI=1S/C26H24N.C13H24O2.Ir/c1-17(2)20-8-10-21(11-9-20)23-6-5-7-26-24(23)12-13-25(27-26)22-15-18(3)14-19(4)16-22;1-5-8-10(4)12(14)9-13(15)11(6-2)7-3;/h5-15,17H,1-4H3;9-11,15H,5-8H2,1-4H3;/q-1;;/b;13-9-;. The summed E-state index contributed by atoms with van der Waals surface area (Å²) in [7, 11) is 0. The maximum absolute atomic E-state index is 11.6. The summed E-state index contributed by atoms with van der Waals surface area (Å²) in [4.78, 5) is 16.6. The van der Waals surface area contributed by atoms with E-state index in [9.17, 15) is 9.90 Å². The number of nitrogens with zero attached hydrogens (tertiary/aromatic N) is 1. The Morgan fingerprint density at radius 3 is 2.19 bits per heavy atom. The third-order valence-corrected chi connectivity index (χ3v) is 7.95. The van der Waals surface area contributed by atoms with Crippen molar-refractivity contribution in [3.63, 3.8) is 0 Å². The van der Waals surface area contributed by atoms with Crippen molar-refractivity contribution in [2.24, 2.45) is 11.8 Å². The Morgan fingerprint density at radius 1 is 0.930 bits per heavy atom. The third kappa shape index (κ3) is 9.98. The van der Waals surface area contributed by atoms with Crippen LogP contribution in [0.15, 0.2) is 78.6 Å². The number of pyridine rings is 1. The van der Waals surface area contributed by atoms with E-state index in [0.717, 1.165) is 48.0 Å². The Balaban J connectivity index is 0.000000348. The fourth-order valence-electron chi connectivity index (χ4n) is 5.33. The van der Waals surface area contributed by atoms with Crippen LogP contribution in [0.25, 0.3) is 33.3 Å². The molecule has 0 aliphatic carbocycles. The van der Waals surface area contributed by atoms with Crippen molar-refractivity contribution in [2.45, 2.75) is 87.0 Å². The molecule has 0 saturated carbocycles. The van der Waals surface area contributed by atoms with Gasteiger partial charge in [-0.1, -0.05) is 110 Å². The van der Waals surface area contributed by atoms with E-state index in [2.05, 4.69) is 107 Å². The van der Waals surface area contributed by atoms with Crippen LogP contribution >= 0.6 is 0 Å². The van der Waals surface area contributed by atoms with Crippen LogP contribution in [-0.2, 0) is 24.9 Å². The molecule has 3 aromatic carbocycles. The number of carbonyl (C=O) groups is 1. The number of benzene rings is 3. The molecule has 0 aliphatic rings. The van der Waals surface area contributed by atoms with Gasteiger partial charge in [0, 0.05) is 43.4 Å². The van der Waals surface area contributed by atoms with Gasteiger partial charge in [0.15, 0.2) is 5.78 Å². The van der Waals surface area contributed by atoms with Gasteiger partial charge >= 0.3 is 0 Å². The van der Waals surface area contributed by atoms with Gasteiger partial charge in [-0.25, -0.2) is 0 Å². The summed E-state index contributed by atoms with van der Waals surface area (Å²) in [5, 5.41) is 10.9. The molecule has 1 N–H and O–H groups in total. The largest absolute Gasteiger partial charge is 0.512 e. The Kier molecular flexibility index (Phi) is 14.5. The Bertz CT molecular complexity index is 1480. The number of hydrogen-bond donors (Lipinski definition) is 1. The average molecular weight is 755 g/mol. The van der Waals surface area contributed by atoms with Gasteiger partial charge < -0.3 is 5.11 Å². The van der Waals surface area contributed by atoms with Crippen LogP contribution in [0.3, 0.4) is 0 Å². The second kappa shape index (κ2) is 17.3. The first kappa shape index (κ1) is 36.1. The molecule has 0 saturated heterocycles. The van der Waals surface area contributed by atoms with Crippen molar-refractivity contribution in [1.82, 2.24) is 4.98 Å². The fraction of sp³-hybridized carbons (Fsp3) is 0.385. The molecule has 0 bridgehead atoms. The smallest absolute Gasteiger partial charge is 0.161 e. The SMILES string of the molecule is CCCC(C)C(=O)/C=C(\O)C(CC)CC.Cc1[c-]c(-c2ccc3c(-c4ccc(C(C)C)cc4)cccc3n2)cc(C)c1.[Ir]. The first-order chi connectivity index (χ1) is 20.1.